The number of nitrogens with one attached hydrogen (secondary N) is 3. The summed E-state index contributed by atoms with van der Waals surface area (Å²) in [4.78, 5) is 33.9. The average molecular weight is 373 g/mol. The molecule has 12 heteroatoms. The van der Waals surface area contributed by atoms with E-state index in [0.29, 0.717) is 11.4 Å². The second-order valence-corrected chi connectivity index (χ2v) is 5.24. The number of hydrogen-bond acceptors (Lipinski definition) is 5. The molecule has 0 saturated carbocycles. The normalized spacial score (nSPS) is 12.2. The molecule has 1 aromatic rings. The van der Waals surface area contributed by atoms with E-state index in [0.717, 1.165) is 0 Å². The van der Waals surface area contributed by atoms with Gasteiger partial charge in [-0.3, -0.25) is 14.8 Å². The quantitative estimate of drug-likeness (QED) is 0.105. The van der Waals surface area contributed by atoms with E-state index in [9.17, 15) is 19.7 Å². The molecule has 1 aromatic carbocycles. The monoisotopic (exact) mass is 372 g/mol. The van der Waals surface area contributed by atoms with Gasteiger partial charge in [0.1, 0.15) is 11.1 Å². The Labute approximate surface area is 147 Å². The molecule has 11 nitrogen and oxygen atoms in total. The van der Waals surface area contributed by atoms with Crippen LogP contribution in [0.25, 0.3) is 0 Å². The summed E-state index contributed by atoms with van der Waals surface area (Å²) in [5, 5.41) is 26.1. The minimum atomic E-state index is -1.02. The van der Waals surface area contributed by atoms with Crippen LogP contribution in [0.5, 0.6) is 0 Å². The zero-order chi connectivity index (χ0) is 18.8. The van der Waals surface area contributed by atoms with Crippen LogP contribution in [0.1, 0.15) is 23.2 Å². The Morgan fingerprint density at radius 1 is 1.44 bits per heavy atom. The van der Waals surface area contributed by atoms with Crippen LogP contribution in [0.4, 0.5) is 0 Å². The average Bonchev–Trinajstić information content (AvgIpc) is 2.56. The van der Waals surface area contributed by atoms with Gasteiger partial charge in [-0.15, -0.1) is 0 Å². The number of benzene rings is 1. The van der Waals surface area contributed by atoms with Gasteiger partial charge in [0.2, 0.25) is 0 Å². The number of hydrazone groups is 1. The number of carbonyl (C=O) groups excluding carboxylic acids is 2. The number of nitrogens with two attached hydrogens (primary N) is 1. The molecule has 25 heavy (non-hydrogen) atoms. The van der Waals surface area contributed by atoms with Crippen LogP contribution in [0.15, 0.2) is 29.4 Å². The minimum Gasteiger partial charge on any atom is -0.365 e. The molecule has 0 aromatic heterocycles. The standard InChI is InChI=1S/C13H17ClN6O5/c14-9-4-1-3-8(7-9)11(21)17-10(12(22)19-23)5-2-6-16-13(15)18-20(24)25/h1,3-4,7,10,23H,2,5-6H2,(H,17,21)(H,19,22)(H3,15,16,18)/t10-/m0/s1. The highest BCUT2D eigenvalue weighted by Gasteiger charge is 2.20. The number of hydroxylamine groups is 1. The Morgan fingerprint density at radius 3 is 2.76 bits per heavy atom. The molecule has 0 spiro atoms. The first-order valence-corrected chi connectivity index (χ1v) is 7.44. The predicted octanol–water partition coefficient (Wildman–Crippen LogP) is -0.180. The van der Waals surface area contributed by atoms with Gasteiger partial charge < -0.3 is 16.4 Å². The van der Waals surface area contributed by atoms with Crippen LogP contribution in [0.3, 0.4) is 0 Å². The fourth-order valence-corrected chi connectivity index (χ4v) is 2.05. The Hall–Kier alpha value is -2.92. The van der Waals surface area contributed by atoms with Crippen LogP contribution in [0, 0.1) is 10.1 Å². The Kier molecular flexibility index (Phi) is 8.09. The zero-order valence-corrected chi connectivity index (χ0v) is 13.7. The van der Waals surface area contributed by atoms with E-state index in [1.165, 1.54) is 17.6 Å². The first-order valence-electron chi connectivity index (χ1n) is 7.06. The summed E-state index contributed by atoms with van der Waals surface area (Å²) in [5.74, 6) is -1.73. The van der Waals surface area contributed by atoms with E-state index < -0.39 is 22.9 Å². The molecule has 0 fully saturated rings. The molecule has 0 saturated heterocycles. The van der Waals surface area contributed by atoms with Gasteiger partial charge in [0, 0.05) is 17.1 Å². The summed E-state index contributed by atoms with van der Waals surface area (Å²) in [6, 6.07) is 5.11. The van der Waals surface area contributed by atoms with Crippen molar-refractivity contribution in [3.8, 4) is 0 Å². The van der Waals surface area contributed by atoms with Gasteiger partial charge in [-0.05, 0) is 31.0 Å². The Bertz CT molecular complexity index is 668. The maximum atomic E-state index is 12.1. The highest BCUT2D eigenvalue weighted by atomic mass is 35.5. The van der Waals surface area contributed by atoms with E-state index in [4.69, 9.17) is 22.5 Å². The molecule has 0 radical (unpaired) electrons. The lowest BCUT2D eigenvalue weighted by Gasteiger charge is -2.17. The van der Waals surface area contributed by atoms with Gasteiger partial charge in [-0.1, -0.05) is 17.7 Å². The van der Waals surface area contributed by atoms with Crippen LogP contribution in [-0.4, -0.2) is 40.6 Å². The number of rotatable bonds is 8. The van der Waals surface area contributed by atoms with Crippen LogP contribution in [0.2, 0.25) is 5.02 Å². The third kappa shape index (κ3) is 7.46. The lowest BCUT2D eigenvalue weighted by Crippen LogP contribution is -2.46. The van der Waals surface area contributed by atoms with E-state index in [-0.39, 0.29) is 24.5 Å². The van der Waals surface area contributed by atoms with Crippen LogP contribution >= 0.6 is 11.6 Å². The molecule has 2 amide bonds. The number of amides is 2. The number of nitrogens with zero attached hydrogens (tertiary/aromatic N) is 2. The number of hydrogen-bond donors (Lipinski definition) is 5. The maximum Gasteiger partial charge on any atom is 0.266 e. The van der Waals surface area contributed by atoms with E-state index in [2.05, 4.69) is 15.7 Å². The summed E-state index contributed by atoms with van der Waals surface area (Å²) in [5.41, 5.74) is 6.97. The molecule has 0 bridgehead atoms. The summed E-state index contributed by atoms with van der Waals surface area (Å²) >= 11 is 5.80. The van der Waals surface area contributed by atoms with Crippen molar-refractivity contribution >= 4 is 29.4 Å². The van der Waals surface area contributed by atoms with Crippen LogP contribution < -0.4 is 21.8 Å². The lowest BCUT2D eigenvalue weighted by atomic mass is 10.1. The second-order valence-electron chi connectivity index (χ2n) is 4.80. The summed E-state index contributed by atoms with van der Waals surface area (Å²) in [6.45, 7) is 0.172. The molecule has 0 aliphatic carbocycles. The topological polar surface area (TPSA) is 172 Å². The first-order chi connectivity index (χ1) is 11.8. The van der Waals surface area contributed by atoms with Gasteiger partial charge >= 0.3 is 0 Å². The van der Waals surface area contributed by atoms with Crippen molar-refractivity contribution < 1.29 is 19.8 Å². The number of halogens is 1. The molecule has 0 aliphatic rings. The number of nitro groups is 1. The summed E-state index contributed by atoms with van der Waals surface area (Å²) < 4.78 is 0. The fourth-order valence-electron chi connectivity index (χ4n) is 1.86. The summed E-state index contributed by atoms with van der Waals surface area (Å²) in [6.07, 6.45) is 0.444. The van der Waals surface area contributed by atoms with Crippen LogP contribution in [-0.2, 0) is 4.79 Å². The minimum absolute atomic E-state index is 0.136. The van der Waals surface area contributed by atoms with E-state index >= 15 is 0 Å². The van der Waals surface area contributed by atoms with Crippen molar-refractivity contribution in [3.63, 3.8) is 0 Å². The molecular formula is C13H17ClN6O5. The molecule has 1 atom stereocenters. The predicted molar refractivity (Wildman–Crippen MR) is 88.5 cm³/mol. The van der Waals surface area contributed by atoms with Crippen molar-refractivity contribution in [2.75, 3.05) is 6.54 Å². The highest BCUT2D eigenvalue weighted by Crippen LogP contribution is 2.11. The van der Waals surface area contributed by atoms with Crippen molar-refractivity contribution in [1.29, 1.82) is 0 Å². The van der Waals surface area contributed by atoms with E-state index in [1.54, 1.807) is 12.1 Å². The SMILES string of the molecule is N/C(=N\[N+](=O)[O-])NCCC[C@H](NC(=O)c1cccc(Cl)c1)C(=O)NO. The van der Waals surface area contributed by atoms with Crippen molar-refractivity contribution in [2.45, 2.75) is 18.9 Å². The third-order valence-corrected chi connectivity index (χ3v) is 3.22. The van der Waals surface area contributed by atoms with Gasteiger partial charge in [0.25, 0.3) is 17.8 Å². The molecular weight excluding hydrogens is 356 g/mol. The molecule has 0 aliphatic heterocycles. The largest absolute Gasteiger partial charge is 0.365 e. The van der Waals surface area contributed by atoms with E-state index in [1.807, 2.05) is 0 Å². The number of guanidine groups is 1. The molecule has 6 N–H and O–H groups in total. The zero-order valence-electron chi connectivity index (χ0n) is 12.9. The fraction of sp³-hybridized carbons (Fsp3) is 0.308. The molecule has 136 valence electrons. The Balaban J connectivity index is 2.58. The summed E-state index contributed by atoms with van der Waals surface area (Å²) in [7, 11) is 0. The Morgan fingerprint density at radius 2 is 2.16 bits per heavy atom. The van der Waals surface area contributed by atoms with Gasteiger partial charge in [0.05, 0.1) is 0 Å². The highest BCUT2D eigenvalue weighted by molar-refractivity contribution is 6.31. The lowest BCUT2D eigenvalue weighted by molar-refractivity contribution is -0.485. The second kappa shape index (κ2) is 10.1. The molecule has 0 heterocycles. The van der Waals surface area contributed by atoms with Crippen molar-refractivity contribution in [2.24, 2.45) is 10.8 Å². The van der Waals surface area contributed by atoms with Crippen molar-refractivity contribution in [3.05, 3.63) is 45.0 Å². The maximum absolute atomic E-state index is 12.1. The molecule has 1 rings (SSSR count). The third-order valence-electron chi connectivity index (χ3n) is 2.98. The van der Waals surface area contributed by atoms with Gasteiger partial charge in [0.15, 0.2) is 5.03 Å². The van der Waals surface area contributed by atoms with Crippen molar-refractivity contribution in [1.82, 2.24) is 16.1 Å². The van der Waals surface area contributed by atoms with Gasteiger partial charge in [-0.2, -0.15) is 0 Å². The smallest absolute Gasteiger partial charge is 0.266 e. The molecule has 0 unspecified atom stereocenters. The van der Waals surface area contributed by atoms with Gasteiger partial charge in [-0.25, -0.2) is 15.6 Å². The first kappa shape index (κ1) is 20.1. The number of carbonyl (C=O) groups is 2.